The molecule has 0 fully saturated rings. The van der Waals surface area contributed by atoms with Crippen LogP contribution in [0.25, 0.3) is 0 Å². The minimum absolute atomic E-state index is 0.0116. The molecule has 0 spiro atoms. The maximum absolute atomic E-state index is 13.3. The number of hydrazone groups is 1. The lowest BCUT2D eigenvalue weighted by Crippen LogP contribution is -2.25. The summed E-state index contributed by atoms with van der Waals surface area (Å²) in [6.07, 6.45) is 4.76. The number of benzene rings is 2. The number of hydrogen-bond donors (Lipinski definition) is 2. The van der Waals surface area contributed by atoms with Crippen molar-refractivity contribution >= 4 is 17.8 Å². The van der Waals surface area contributed by atoms with Crippen LogP contribution in [0.1, 0.15) is 5.56 Å². The van der Waals surface area contributed by atoms with E-state index in [2.05, 4.69) is 20.8 Å². The number of aromatic nitrogens is 1. The fourth-order valence-electron chi connectivity index (χ4n) is 2.20. The minimum atomic E-state index is -0.990. The van der Waals surface area contributed by atoms with E-state index in [0.29, 0.717) is 11.4 Å². The molecule has 0 radical (unpaired) electrons. The molecule has 0 aliphatic heterocycles. The second-order valence-electron chi connectivity index (χ2n) is 5.63. The molecule has 3 rings (SSSR count). The third-order valence-corrected chi connectivity index (χ3v) is 3.52. The summed E-state index contributed by atoms with van der Waals surface area (Å²) in [6, 6.07) is 13.5. The molecule has 0 bridgehead atoms. The van der Waals surface area contributed by atoms with Gasteiger partial charge in [0, 0.05) is 30.2 Å². The van der Waals surface area contributed by atoms with Gasteiger partial charge in [-0.1, -0.05) is 6.07 Å². The molecule has 28 heavy (non-hydrogen) atoms. The van der Waals surface area contributed by atoms with Gasteiger partial charge in [0.15, 0.2) is 11.6 Å². The van der Waals surface area contributed by atoms with Gasteiger partial charge >= 0.3 is 0 Å². The van der Waals surface area contributed by atoms with Crippen LogP contribution in [0.4, 0.5) is 14.5 Å². The number of hydrogen-bond acceptors (Lipinski definition) is 5. The van der Waals surface area contributed by atoms with E-state index in [1.807, 2.05) is 0 Å². The van der Waals surface area contributed by atoms with Crippen molar-refractivity contribution < 1.29 is 18.3 Å². The van der Waals surface area contributed by atoms with Crippen molar-refractivity contribution in [1.29, 1.82) is 0 Å². The first-order valence-electron chi connectivity index (χ1n) is 8.29. The summed E-state index contributed by atoms with van der Waals surface area (Å²) in [5, 5.41) is 6.79. The number of amides is 1. The Morgan fingerprint density at radius 1 is 1.04 bits per heavy atom. The molecule has 0 atom stereocenters. The zero-order chi connectivity index (χ0) is 19.8. The first-order valence-corrected chi connectivity index (χ1v) is 8.29. The molecule has 1 aromatic heterocycles. The first-order chi connectivity index (χ1) is 13.6. The standard InChI is InChI=1S/C20H16F2N4O2/c21-18-5-4-17(11-19(18)22)28-16-3-1-2-15(10-16)24-13-20(27)26-25-12-14-6-8-23-9-7-14/h1-12,24H,13H2,(H,26,27)/b25-12+. The Hall–Kier alpha value is -3.81. The molecule has 0 aliphatic rings. The smallest absolute Gasteiger partial charge is 0.259 e. The zero-order valence-electron chi connectivity index (χ0n) is 14.6. The quantitative estimate of drug-likeness (QED) is 0.482. The Labute approximate surface area is 159 Å². The van der Waals surface area contributed by atoms with Gasteiger partial charge < -0.3 is 10.1 Å². The summed E-state index contributed by atoms with van der Waals surface area (Å²) in [6.45, 7) is -0.0116. The molecule has 142 valence electrons. The van der Waals surface area contributed by atoms with E-state index >= 15 is 0 Å². The summed E-state index contributed by atoms with van der Waals surface area (Å²) in [5.74, 6) is -1.69. The molecule has 8 heteroatoms. The highest BCUT2D eigenvalue weighted by molar-refractivity contribution is 5.84. The predicted octanol–water partition coefficient (Wildman–Crippen LogP) is 3.71. The molecule has 0 unspecified atom stereocenters. The molecule has 0 saturated carbocycles. The first kappa shape index (κ1) is 19.0. The van der Waals surface area contributed by atoms with Crippen molar-refractivity contribution in [2.24, 2.45) is 5.10 Å². The normalized spacial score (nSPS) is 10.6. The monoisotopic (exact) mass is 382 g/mol. The van der Waals surface area contributed by atoms with Crippen molar-refractivity contribution in [3.63, 3.8) is 0 Å². The fraction of sp³-hybridized carbons (Fsp3) is 0.0500. The number of nitrogens with one attached hydrogen (secondary N) is 2. The summed E-state index contributed by atoms with van der Waals surface area (Å²) in [5.41, 5.74) is 3.84. The second kappa shape index (κ2) is 9.22. The number of ether oxygens (including phenoxy) is 1. The van der Waals surface area contributed by atoms with E-state index in [1.165, 1.54) is 12.3 Å². The van der Waals surface area contributed by atoms with Crippen LogP contribution in [0.15, 0.2) is 72.1 Å². The number of anilines is 1. The Morgan fingerprint density at radius 3 is 2.61 bits per heavy atom. The highest BCUT2D eigenvalue weighted by atomic mass is 19.2. The number of nitrogens with zero attached hydrogens (tertiary/aromatic N) is 2. The van der Waals surface area contributed by atoms with Crippen LogP contribution in [0.2, 0.25) is 0 Å². The summed E-state index contributed by atoms with van der Waals surface area (Å²) >= 11 is 0. The lowest BCUT2D eigenvalue weighted by molar-refractivity contribution is -0.119. The number of rotatable bonds is 7. The molecule has 6 nitrogen and oxygen atoms in total. The van der Waals surface area contributed by atoms with Crippen molar-refractivity contribution in [1.82, 2.24) is 10.4 Å². The molecular weight excluding hydrogens is 366 g/mol. The maximum Gasteiger partial charge on any atom is 0.259 e. The van der Waals surface area contributed by atoms with E-state index in [9.17, 15) is 13.6 Å². The van der Waals surface area contributed by atoms with Gasteiger partial charge in [-0.2, -0.15) is 5.10 Å². The lowest BCUT2D eigenvalue weighted by atomic mass is 10.3. The Bertz CT molecular complexity index is 981. The van der Waals surface area contributed by atoms with E-state index in [-0.39, 0.29) is 18.2 Å². The minimum Gasteiger partial charge on any atom is -0.457 e. The highest BCUT2D eigenvalue weighted by Crippen LogP contribution is 2.25. The Balaban J connectivity index is 1.52. The third-order valence-electron chi connectivity index (χ3n) is 3.52. The van der Waals surface area contributed by atoms with Crippen molar-refractivity contribution in [2.75, 3.05) is 11.9 Å². The molecule has 1 heterocycles. The fourth-order valence-corrected chi connectivity index (χ4v) is 2.20. The predicted molar refractivity (Wildman–Crippen MR) is 101 cm³/mol. The van der Waals surface area contributed by atoms with Gasteiger partial charge in [-0.05, 0) is 42.0 Å². The summed E-state index contributed by atoms with van der Waals surface area (Å²) in [4.78, 5) is 15.7. The molecule has 2 aromatic carbocycles. The van der Waals surface area contributed by atoms with Crippen LogP contribution in [0, 0.1) is 11.6 Å². The van der Waals surface area contributed by atoms with Gasteiger partial charge in [-0.3, -0.25) is 9.78 Å². The van der Waals surface area contributed by atoms with Gasteiger partial charge in [0.25, 0.3) is 5.91 Å². The molecule has 0 saturated heterocycles. The number of pyridine rings is 1. The van der Waals surface area contributed by atoms with E-state index in [0.717, 1.165) is 17.7 Å². The van der Waals surface area contributed by atoms with E-state index in [4.69, 9.17) is 4.74 Å². The number of carbonyl (C=O) groups is 1. The van der Waals surface area contributed by atoms with Gasteiger partial charge in [0.05, 0.1) is 12.8 Å². The summed E-state index contributed by atoms with van der Waals surface area (Å²) < 4.78 is 31.7. The molecule has 2 N–H and O–H groups in total. The topological polar surface area (TPSA) is 75.6 Å². The number of halogens is 2. The lowest BCUT2D eigenvalue weighted by Gasteiger charge is -2.09. The van der Waals surface area contributed by atoms with E-state index in [1.54, 1.807) is 48.8 Å². The zero-order valence-corrected chi connectivity index (χ0v) is 14.6. The van der Waals surface area contributed by atoms with Crippen LogP contribution in [-0.4, -0.2) is 23.7 Å². The van der Waals surface area contributed by atoms with Crippen LogP contribution < -0.4 is 15.5 Å². The molecule has 1 amide bonds. The van der Waals surface area contributed by atoms with Crippen molar-refractivity contribution in [3.8, 4) is 11.5 Å². The Kier molecular flexibility index (Phi) is 6.25. The van der Waals surface area contributed by atoms with Gasteiger partial charge in [0.2, 0.25) is 0 Å². The van der Waals surface area contributed by atoms with Crippen LogP contribution in [-0.2, 0) is 4.79 Å². The SMILES string of the molecule is O=C(CNc1cccc(Oc2ccc(F)c(F)c2)c1)N/N=C/c1ccncc1. The molecule has 3 aromatic rings. The maximum atomic E-state index is 13.3. The van der Waals surface area contributed by atoms with Crippen molar-refractivity contribution in [2.45, 2.75) is 0 Å². The van der Waals surface area contributed by atoms with Gasteiger partial charge in [-0.15, -0.1) is 0 Å². The van der Waals surface area contributed by atoms with Crippen LogP contribution in [0.3, 0.4) is 0 Å². The highest BCUT2D eigenvalue weighted by Gasteiger charge is 2.05. The molecule has 0 aliphatic carbocycles. The van der Waals surface area contributed by atoms with Gasteiger partial charge in [0.1, 0.15) is 11.5 Å². The molecular formula is C20H16F2N4O2. The van der Waals surface area contributed by atoms with E-state index < -0.39 is 11.6 Å². The average Bonchev–Trinajstić information content (AvgIpc) is 2.70. The van der Waals surface area contributed by atoms with Crippen molar-refractivity contribution in [3.05, 3.63) is 84.2 Å². The third kappa shape index (κ3) is 5.60. The second-order valence-corrected chi connectivity index (χ2v) is 5.63. The average molecular weight is 382 g/mol. The summed E-state index contributed by atoms with van der Waals surface area (Å²) in [7, 11) is 0. The largest absolute Gasteiger partial charge is 0.457 e. The Morgan fingerprint density at radius 2 is 1.82 bits per heavy atom. The van der Waals surface area contributed by atoms with Crippen LogP contribution in [0.5, 0.6) is 11.5 Å². The van der Waals surface area contributed by atoms with Gasteiger partial charge in [-0.25, -0.2) is 14.2 Å². The van der Waals surface area contributed by atoms with Crippen LogP contribution >= 0.6 is 0 Å². The number of carbonyl (C=O) groups excluding carboxylic acids is 1.